The number of rotatable bonds is 10. The van der Waals surface area contributed by atoms with Crippen molar-refractivity contribution in [2.24, 2.45) is 0 Å². The van der Waals surface area contributed by atoms with Crippen LogP contribution in [0.4, 0.5) is 0 Å². The monoisotopic (exact) mass is 622 g/mol. The smallest absolute Gasteiger partial charge is 0.339 e. The van der Waals surface area contributed by atoms with Gasteiger partial charge in [-0.2, -0.15) is 0 Å². The topological polar surface area (TPSA) is 86.7 Å². The highest BCUT2D eigenvalue weighted by Crippen LogP contribution is 2.28. The molecule has 0 aromatic heterocycles. The molecule has 218 valence electrons. The lowest BCUT2D eigenvalue weighted by molar-refractivity contribution is 0.0273. The Bertz CT molecular complexity index is 1640. The van der Waals surface area contributed by atoms with Gasteiger partial charge in [-0.15, -0.1) is 0 Å². The van der Waals surface area contributed by atoms with Gasteiger partial charge in [-0.3, -0.25) is 9.59 Å². The largest absolute Gasteiger partial charge is 0.445 e. The van der Waals surface area contributed by atoms with Gasteiger partial charge in [0, 0.05) is 32.3 Å². The van der Waals surface area contributed by atoms with Crippen molar-refractivity contribution in [3.8, 4) is 0 Å². The van der Waals surface area contributed by atoms with Gasteiger partial charge < -0.3 is 9.47 Å². The van der Waals surface area contributed by atoms with E-state index in [-0.39, 0.29) is 11.1 Å². The van der Waals surface area contributed by atoms with Crippen molar-refractivity contribution in [2.45, 2.75) is 12.2 Å². The number of ketones is 2. The molecule has 0 heterocycles. The molecule has 5 aromatic carbocycles. The highest BCUT2D eigenvalue weighted by Gasteiger charge is 2.29. The van der Waals surface area contributed by atoms with Crippen molar-refractivity contribution in [3.63, 3.8) is 0 Å². The number of esters is 2. The second kappa shape index (κ2) is 14.0. The minimum absolute atomic E-state index is 0.107. The summed E-state index contributed by atoms with van der Waals surface area (Å²) in [7, 11) is 0. The Kier molecular flexibility index (Phi) is 9.65. The Morgan fingerprint density at radius 1 is 0.409 bits per heavy atom. The molecule has 0 saturated carbocycles. The van der Waals surface area contributed by atoms with Gasteiger partial charge in [0.25, 0.3) is 0 Å². The molecule has 6 nitrogen and oxygen atoms in total. The standard InChI is InChI=1S/C36H24Cl2O6/c37-29-19-15-25(16-20-29)33(31(39)23-7-3-1-4-8-23)43-35(41)27-11-13-28(14-12-27)36(42)44-34(26-17-21-30(38)22-18-26)32(40)24-9-5-2-6-10-24/h1-22,33-34H/t33-,34-/m0/s1. The van der Waals surface area contributed by atoms with Crippen molar-refractivity contribution >= 4 is 46.7 Å². The summed E-state index contributed by atoms with van der Waals surface area (Å²) in [4.78, 5) is 53.0. The third-order valence-corrected chi connectivity index (χ3v) is 7.25. The van der Waals surface area contributed by atoms with Crippen molar-refractivity contribution < 1.29 is 28.7 Å². The van der Waals surface area contributed by atoms with E-state index < -0.39 is 35.7 Å². The van der Waals surface area contributed by atoms with Crippen molar-refractivity contribution in [2.75, 3.05) is 0 Å². The van der Waals surface area contributed by atoms with Crippen molar-refractivity contribution in [3.05, 3.63) is 177 Å². The summed E-state index contributed by atoms with van der Waals surface area (Å²) in [5, 5.41) is 0.939. The highest BCUT2D eigenvalue weighted by molar-refractivity contribution is 6.30. The molecule has 0 unspecified atom stereocenters. The molecule has 0 aliphatic heterocycles. The molecule has 0 amide bonds. The Balaban J connectivity index is 1.35. The number of Topliss-reactive ketones (excluding diaryl/α,β-unsaturated/α-hetero) is 2. The molecule has 44 heavy (non-hydrogen) atoms. The number of halogens is 2. The fourth-order valence-corrected chi connectivity index (χ4v) is 4.67. The first-order chi connectivity index (χ1) is 21.3. The normalized spacial score (nSPS) is 12.0. The summed E-state index contributed by atoms with van der Waals surface area (Å²) in [6.07, 6.45) is -2.45. The molecular formula is C36H24Cl2O6. The molecule has 0 aliphatic rings. The Morgan fingerprint density at radius 2 is 0.727 bits per heavy atom. The third-order valence-electron chi connectivity index (χ3n) is 6.74. The lowest BCUT2D eigenvalue weighted by atomic mass is 9.99. The first-order valence-electron chi connectivity index (χ1n) is 13.5. The van der Waals surface area contributed by atoms with Gasteiger partial charge in [-0.05, 0) is 48.5 Å². The molecule has 0 spiro atoms. The van der Waals surface area contributed by atoms with Crippen LogP contribution in [0, 0.1) is 0 Å². The maximum Gasteiger partial charge on any atom is 0.339 e. The second-order valence-electron chi connectivity index (χ2n) is 9.71. The van der Waals surface area contributed by atoms with Gasteiger partial charge in [-0.1, -0.05) is 108 Å². The molecule has 0 radical (unpaired) electrons. The van der Waals surface area contributed by atoms with Crippen LogP contribution in [0.5, 0.6) is 0 Å². The fraction of sp³-hybridized carbons (Fsp3) is 0.0556. The summed E-state index contributed by atoms with van der Waals surface area (Å²) in [6.45, 7) is 0. The van der Waals surface area contributed by atoms with Crippen LogP contribution in [0.15, 0.2) is 133 Å². The average Bonchev–Trinajstić information content (AvgIpc) is 3.07. The number of carbonyl (C=O) groups excluding carboxylic acids is 4. The molecule has 2 atom stereocenters. The van der Waals surface area contributed by atoms with E-state index in [2.05, 4.69) is 0 Å². The van der Waals surface area contributed by atoms with Gasteiger partial charge in [0.1, 0.15) is 0 Å². The number of carbonyl (C=O) groups is 4. The Morgan fingerprint density at radius 3 is 1.05 bits per heavy atom. The second-order valence-corrected chi connectivity index (χ2v) is 10.6. The van der Waals surface area contributed by atoms with Crippen LogP contribution < -0.4 is 0 Å². The molecule has 8 heteroatoms. The number of ether oxygens (including phenoxy) is 2. The average molecular weight is 623 g/mol. The van der Waals surface area contributed by atoms with Crippen LogP contribution in [0.3, 0.4) is 0 Å². The van der Waals surface area contributed by atoms with Gasteiger partial charge in [0.15, 0.2) is 12.2 Å². The van der Waals surface area contributed by atoms with E-state index in [1.807, 2.05) is 0 Å². The maximum absolute atomic E-state index is 13.3. The van der Waals surface area contributed by atoms with E-state index >= 15 is 0 Å². The van der Waals surface area contributed by atoms with E-state index in [1.165, 1.54) is 24.3 Å². The molecule has 0 bridgehead atoms. The van der Waals surface area contributed by atoms with Gasteiger partial charge in [0.05, 0.1) is 11.1 Å². The number of benzene rings is 5. The van der Waals surface area contributed by atoms with Crippen LogP contribution in [0.25, 0.3) is 0 Å². The summed E-state index contributed by atoms with van der Waals surface area (Å²) in [5.74, 6) is -2.35. The van der Waals surface area contributed by atoms with Gasteiger partial charge in [-0.25, -0.2) is 9.59 Å². The SMILES string of the molecule is O=C(O[C@H](C(=O)c1ccccc1)c1ccc(Cl)cc1)c1ccc(C(=O)O[C@H](C(=O)c2ccccc2)c2ccc(Cl)cc2)cc1. The number of hydrogen-bond donors (Lipinski definition) is 0. The summed E-state index contributed by atoms with van der Waals surface area (Å²) in [6, 6.07) is 35.5. The molecule has 0 N–H and O–H groups in total. The van der Waals surface area contributed by atoms with E-state index in [0.29, 0.717) is 32.3 Å². The van der Waals surface area contributed by atoms with E-state index in [1.54, 1.807) is 109 Å². The van der Waals surface area contributed by atoms with Crippen LogP contribution >= 0.6 is 23.2 Å². The molecule has 5 rings (SSSR count). The molecular weight excluding hydrogens is 599 g/mol. The van der Waals surface area contributed by atoms with Crippen molar-refractivity contribution in [1.29, 1.82) is 0 Å². The lowest BCUT2D eigenvalue weighted by Gasteiger charge is -2.18. The summed E-state index contributed by atoms with van der Waals surface area (Å²) in [5.41, 5.74) is 1.87. The summed E-state index contributed by atoms with van der Waals surface area (Å²) < 4.78 is 11.4. The Hall–Kier alpha value is -5.04. The predicted molar refractivity (Wildman–Crippen MR) is 167 cm³/mol. The summed E-state index contributed by atoms with van der Waals surface area (Å²) >= 11 is 12.0. The molecule has 5 aromatic rings. The first-order valence-corrected chi connectivity index (χ1v) is 14.3. The first kappa shape index (κ1) is 30.4. The third kappa shape index (κ3) is 7.29. The zero-order valence-electron chi connectivity index (χ0n) is 23.1. The predicted octanol–water partition coefficient (Wildman–Crippen LogP) is 8.56. The minimum Gasteiger partial charge on any atom is -0.445 e. The van der Waals surface area contributed by atoms with E-state index in [4.69, 9.17) is 32.7 Å². The van der Waals surface area contributed by atoms with Crippen LogP contribution in [0.2, 0.25) is 10.0 Å². The highest BCUT2D eigenvalue weighted by atomic mass is 35.5. The van der Waals surface area contributed by atoms with E-state index in [0.717, 1.165) is 0 Å². The zero-order valence-corrected chi connectivity index (χ0v) is 24.6. The number of hydrogen-bond acceptors (Lipinski definition) is 6. The van der Waals surface area contributed by atoms with Crippen LogP contribution in [-0.2, 0) is 9.47 Å². The van der Waals surface area contributed by atoms with Gasteiger partial charge in [0.2, 0.25) is 11.6 Å². The fourth-order valence-electron chi connectivity index (χ4n) is 4.42. The van der Waals surface area contributed by atoms with Crippen LogP contribution in [0.1, 0.15) is 64.8 Å². The van der Waals surface area contributed by atoms with E-state index in [9.17, 15) is 19.2 Å². The Labute approximate surface area is 263 Å². The molecule has 0 fully saturated rings. The maximum atomic E-state index is 13.3. The molecule has 0 aliphatic carbocycles. The molecule has 0 saturated heterocycles. The van der Waals surface area contributed by atoms with Crippen LogP contribution in [-0.4, -0.2) is 23.5 Å². The quantitative estimate of drug-likeness (QED) is 0.114. The van der Waals surface area contributed by atoms with Crippen molar-refractivity contribution in [1.82, 2.24) is 0 Å². The lowest BCUT2D eigenvalue weighted by Crippen LogP contribution is -2.21. The zero-order chi connectivity index (χ0) is 31.1. The minimum atomic E-state index is -1.23. The van der Waals surface area contributed by atoms with Gasteiger partial charge >= 0.3 is 11.9 Å².